The first-order valence-electron chi connectivity index (χ1n) is 9.82. The minimum Gasteiger partial charge on any atom is -0.353 e. The van der Waals surface area contributed by atoms with Gasteiger partial charge >= 0.3 is 6.03 Å². The minimum absolute atomic E-state index is 0.0284. The van der Waals surface area contributed by atoms with Crippen molar-refractivity contribution in [3.8, 4) is 0 Å². The molecule has 1 aromatic carbocycles. The SMILES string of the molecule is NS(=O)(=O)c1cccc(NC(=O)N2CCCC(C(=O)NC3CCCCC3)C2)c1. The number of anilines is 1. The molecule has 3 amide bonds. The predicted molar refractivity (Wildman–Crippen MR) is 106 cm³/mol. The largest absolute Gasteiger partial charge is 0.353 e. The van der Waals surface area contributed by atoms with Gasteiger partial charge in [-0.1, -0.05) is 25.3 Å². The number of benzene rings is 1. The van der Waals surface area contributed by atoms with Crippen molar-refractivity contribution in [2.45, 2.75) is 55.9 Å². The third-order valence-corrected chi connectivity index (χ3v) is 6.36. The smallest absolute Gasteiger partial charge is 0.321 e. The van der Waals surface area contributed by atoms with Crippen LogP contribution in [-0.2, 0) is 14.8 Å². The number of carbonyl (C=O) groups is 2. The fourth-order valence-corrected chi connectivity index (χ4v) is 4.45. The quantitative estimate of drug-likeness (QED) is 0.705. The van der Waals surface area contributed by atoms with Gasteiger partial charge in [0.2, 0.25) is 15.9 Å². The fraction of sp³-hybridized carbons (Fsp3) is 0.579. The van der Waals surface area contributed by atoms with Crippen LogP contribution in [-0.4, -0.2) is 44.4 Å². The topological polar surface area (TPSA) is 122 Å². The highest BCUT2D eigenvalue weighted by Gasteiger charge is 2.30. The number of nitrogens with one attached hydrogen (secondary N) is 2. The molecule has 0 bridgehead atoms. The number of piperidine rings is 1. The molecule has 9 heteroatoms. The van der Waals surface area contributed by atoms with E-state index in [9.17, 15) is 18.0 Å². The van der Waals surface area contributed by atoms with Crippen LogP contribution in [0.15, 0.2) is 29.2 Å². The summed E-state index contributed by atoms with van der Waals surface area (Å²) in [5.74, 6) is -0.183. The molecule has 0 aromatic heterocycles. The highest BCUT2D eigenvalue weighted by molar-refractivity contribution is 7.89. The zero-order chi connectivity index (χ0) is 20.1. The Morgan fingerprint density at radius 1 is 1.07 bits per heavy atom. The molecule has 3 rings (SSSR count). The number of carbonyl (C=O) groups excluding carboxylic acids is 2. The van der Waals surface area contributed by atoms with Crippen LogP contribution in [0.4, 0.5) is 10.5 Å². The third-order valence-electron chi connectivity index (χ3n) is 5.44. The highest BCUT2D eigenvalue weighted by Crippen LogP contribution is 2.22. The number of likely N-dealkylation sites (tertiary alicyclic amines) is 1. The average Bonchev–Trinajstić information content (AvgIpc) is 2.68. The summed E-state index contributed by atoms with van der Waals surface area (Å²) >= 11 is 0. The second-order valence-corrected chi connectivity index (χ2v) is 9.19. The molecular formula is C19H28N4O4S. The van der Waals surface area contributed by atoms with Crippen molar-refractivity contribution in [1.29, 1.82) is 0 Å². The number of amides is 3. The standard InChI is InChI=1S/C19H28N4O4S/c20-28(26,27)17-10-4-9-16(12-17)22-19(25)23-11-5-6-14(13-23)18(24)21-15-7-2-1-3-8-15/h4,9-10,12,14-15H,1-3,5-8,11,13H2,(H,21,24)(H,22,25)(H2,20,26,27). The van der Waals surface area contributed by atoms with Gasteiger partial charge in [0, 0.05) is 24.8 Å². The maximum absolute atomic E-state index is 12.6. The van der Waals surface area contributed by atoms with Crippen molar-refractivity contribution < 1.29 is 18.0 Å². The van der Waals surface area contributed by atoms with Gasteiger partial charge in [-0.25, -0.2) is 18.4 Å². The molecular weight excluding hydrogens is 380 g/mol. The van der Waals surface area contributed by atoms with Crippen LogP contribution in [0.2, 0.25) is 0 Å². The number of nitrogens with zero attached hydrogens (tertiary/aromatic N) is 1. The Bertz CT molecular complexity index is 821. The van der Waals surface area contributed by atoms with Gasteiger partial charge in [-0.3, -0.25) is 4.79 Å². The number of nitrogens with two attached hydrogens (primary N) is 1. The minimum atomic E-state index is -3.84. The Kier molecular flexibility index (Phi) is 6.56. The van der Waals surface area contributed by atoms with E-state index in [1.807, 2.05) is 0 Å². The molecule has 1 saturated carbocycles. The van der Waals surface area contributed by atoms with E-state index in [-0.39, 0.29) is 28.8 Å². The number of rotatable bonds is 4. The second kappa shape index (κ2) is 8.91. The van der Waals surface area contributed by atoms with Crippen molar-refractivity contribution in [3.05, 3.63) is 24.3 Å². The van der Waals surface area contributed by atoms with E-state index in [2.05, 4.69) is 10.6 Å². The van der Waals surface area contributed by atoms with Crippen molar-refractivity contribution in [1.82, 2.24) is 10.2 Å². The molecule has 1 aromatic rings. The first kappa shape index (κ1) is 20.6. The third kappa shape index (κ3) is 5.45. The number of primary sulfonamides is 1. The lowest BCUT2D eigenvalue weighted by Crippen LogP contribution is -2.48. The van der Waals surface area contributed by atoms with Crippen LogP contribution in [0.25, 0.3) is 0 Å². The number of hydrogen-bond donors (Lipinski definition) is 3. The average molecular weight is 409 g/mol. The summed E-state index contributed by atoms with van der Waals surface area (Å²) in [7, 11) is -3.84. The lowest BCUT2D eigenvalue weighted by Gasteiger charge is -2.33. The van der Waals surface area contributed by atoms with Gasteiger partial charge in [-0.15, -0.1) is 0 Å². The second-order valence-electron chi connectivity index (χ2n) is 7.63. The number of urea groups is 1. The highest BCUT2D eigenvalue weighted by atomic mass is 32.2. The normalized spacial score (nSPS) is 21.2. The molecule has 2 fully saturated rings. The molecule has 0 spiro atoms. The van der Waals surface area contributed by atoms with Crippen LogP contribution in [0, 0.1) is 5.92 Å². The summed E-state index contributed by atoms with van der Waals surface area (Å²) in [6.07, 6.45) is 7.13. The van der Waals surface area contributed by atoms with Crippen LogP contribution in [0.3, 0.4) is 0 Å². The summed E-state index contributed by atoms with van der Waals surface area (Å²) in [5, 5.41) is 11.0. The number of hydrogen-bond acceptors (Lipinski definition) is 4. The van der Waals surface area contributed by atoms with Crippen molar-refractivity contribution in [2.24, 2.45) is 11.1 Å². The molecule has 1 aliphatic carbocycles. The summed E-state index contributed by atoms with van der Waals surface area (Å²) in [6.45, 7) is 0.924. The lowest BCUT2D eigenvalue weighted by atomic mass is 9.93. The molecule has 8 nitrogen and oxygen atoms in total. The molecule has 1 atom stereocenters. The first-order chi connectivity index (χ1) is 13.3. The van der Waals surface area contributed by atoms with Gasteiger partial charge in [0.1, 0.15) is 0 Å². The first-order valence-corrected chi connectivity index (χ1v) is 11.4. The van der Waals surface area contributed by atoms with Crippen LogP contribution >= 0.6 is 0 Å². The summed E-state index contributed by atoms with van der Waals surface area (Å²) in [5.41, 5.74) is 0.352. The van der Waals surface area contributed by atoms with E-state index in [4.69, 9.17) is 5.14 Å². The summed E-state index contributed by atoms with van der Waals surface area (Å²) in [6, 6.07) is 5.73. The zero-order valence-electron chi connectivity index (χ0n) is 15.9. The lowest BCUT2D eigenvalue weighted by molar-refractivity contribution is -0.127. The molecule has 2 aliphatic rings. The van der Waals surface area contributed by atoms with E-state index >= 15 is 0 Å². The Morgan fingerprint density at radius 3 is 2.54 bits per heavy atom. The summed E-state index contributed by atoms with van der Waals surface area (Å²) in [4.78, 5) is 26.7. The number of sulfonamides is 1. The van der Waals surface area contributed by atoms with Gasteiger partial charge in [0.25, 0.3) is 0 Å². The van der Waals surface area contributed by atoms with Crippen LogP contribution in [0.1, 0.15) is 44.9 Å². The van der Waals surface area contributed by atoms with Gasteiger partial charge in [0.05, 0.1) is 10.8 Å². The molecule has 1 heterocycles. The molecule has 1 unspecified atom stereocenters. The van der Waals surface area contributed by atoms with E-state index in [0.717, 1.165) is 38.5 Å². The van der Waals surface area contributed by atoms with Crippen molar-refractivity contribution >= 4 is 27.6 Å². The van der Waals surface area contributed by atoms with Crippen LogP contribution < -0.4 is 15.8 Å². The maximum atomic E-state index is 12.6. The van der Waals surface area contributed by atoms with Crippen LogP contribution in [0.5, 0.6) is 0 Å². The molecule has 28 heavy (non-hydrogen) atoms. The van der Waals surface area contributed by atoms with Gasteiger partial charge in [-0.05, 0) is 43.9 Å². The van der Waals surface area contributed by atoms with Gasteiger partial charge < -0.3 is 15.5 Å². The molecule has 154 valence electrons. The Hall–Kier alpha value is -2.13. The zero-order valence-corrected chi connectivity index (χ0v) is 16.7. The Labute approximate surface area is 165 Å². The fourth-order valence-electron chi connectivity index (χ4n) is 3.89. The molecule has 0 radical (unpaired) electrons. The van der Waals surface area contributed by atoms with E-state index in [1.165, 1.54) is 24.6 Å². The van der Waals surface area contributed by atoms with E-state index < -0.39 is 10.0 Å². The summed E-state index contributed by atoms with van der Waals surface area (Å²) < 4.78 is 22.9. The van der Waals surface area contributed by atoms with E-state index in [1.54, 1.807) is 11.0 Å². The Morgan fingerprint density at radius 2 is 1.82 bits per heavy atom. The molecule has 4 N–H and O–H groups in total. The molecule has 1 saturated heterocycles. The predicted octanol–water partition coefficient (Wildman–Crippen LogP) is 2.03. The molecule has 1 aliphatic heterocycles. The van der Waals surface area contributed by atoms with Crippen molar-refractivity contribution in [3.63, 3.8) is 0 Å². The van der Waals surface area contributed by atoms with Gasteiger partial charge in [-0.2, -0.15) is 0 Å². The van der Waals surface area contributed by atoms with Crippen molar-refractivity contribution in [2.75, 3.05) is 18.4 Å². The monoisotopic (exact) mass is 408 g/mol. The van der Waals surface area contributed by atoms with Gasteiger partial charge in [0.15, 0.2) is 0 Å². The Balaban J connectivity index is 1.57. The maximum Gasteiger partial charge on any atom is 0.321 e. The van der Waals surface area contributed by atoms with E-state index in [0.29, 0.717) is 18.8 Å².